The zero-order chi connectivity index (χ0) is 20.3. The first-order valence-electron chi connectivity index (χ1n) is 9.34. The summed E-state index contributed by atoms with van der Waals surface area (Å²) in [5, 5.41) is 4.11. The molecule has 6 heteroatoms. The molecule has 0 aliphatic rings. The maximum absolute atomic E-state index is 12.9. The van der Waals surface area contributed by atoms with E-state index in [-0.39, 0.29) is 17.2 Å². The summed E-state index contributed by atoms with van der Waals surface area (Å²) in [5.41, 5.74) is 3.59. The fourth-order valence-electron chi connectivity index (χ4n) is 3.16. The van der Waals surface area contributed by atoms with Gasteiger partial charge in [0, 0.05) is 12.2 Å². The van der Waals surface area contributed by atoms with Gasteiger partial charge in [0.2, 0.25) is 5.91 Å². The van der Waals surface area contributed by atoms with Gasteiger partial charge in [-0.2, -0.15) is 0 Å². The lowest BCUT2D eigenvalue weighted by Crippen LogP contribution is -2.26. The maximum atomic E-state index is 12.9. The Bertz CT molecular complexity index is 1050. The minimum absolute atomic E-state index is 0.0588. The van der Waals surface area contributed by atoms with Gasteiger partial charge in [0.1, 0.15) is 0 Å². The molecule has 0 fully saturated rings. The lowest BCUT2D eigenvalue weighted by Gasteiger charge is -2.15. The molecule has 0 spiro atoms. The van der Waals surface area contributed by atoms with Crippen LogP contribution in [0.25, 0.3) is 10.9 Å². The third kappa shape index (κ3) is 4.81. The summed E-state index contributed by atoms with van der Waals surface area (Å²) in [5.74, 6) is 0.369. The maximum Gasteiger partial charge on any atom is 0.262 e. The molecule has 28 heavy (non-hydrogen) atoms. The summed E-state index contributed by atoms with van der Waals surface area (Å²) in [7, 11) is 0. The van der Waals surface area contributed by atoms with Crippen LogP contribution in [0.5, 0.6) is 0 Å². The SMILES string of the molecule is Cc1cc(C)cc(NC(=O)CSc2nc3ccccc3c(=O)n2CC(C)C)c1. The van der Waals surface area contributed by atoms with E-state index in [1.807, 2.05) is 44.2 Å². The van der Waals surface area contributed by atoms with Crippen molar-refractivity contribution in [2.75, 3.05) is 11.1 Å². The van der Waals surface area contributed by atoms with Crippen LogP contribution in [0.4, 0.5) is 5.69 Å². The predicted molar refractivity (Wildman–Crippen MR) is 116 cm³/mol. The molecule has 1 amide bonds. The van der Waals surface area contributed by atoms with Crippen molar-refractivity contribution >= 4 is 34.3 Å². The van der Waals surface area contributed by atoms with Crippen LogP contribution in [-0.4, -0.2) is 21.2 Å². The summed E-state index contributed by atoms with van der Waals surface area (Å²) in [6.45, 7) is 8.69. The smallest absolute Gasteiger partial charge is 0.262 e. The first-order valence-corrected chi connectivity index (χ1v) is 10.3. The molecule has 146 valence electrons. The number of hydrogen-bond acceptors (Lipinski definition) is 4. The van der Waals surface area contributed by atoms with Gasteiger partial charge < -0.3 is 5.32 Å². The van der Waals surface area contributed by atoms with Crippen molar-refractivity contribution < 1.29 is 4.79 Å². The Kier molecular flexibility index (Phi) is 6.19. The van der Waals surface area contributed by atoms with Crippen molar-refractivity contribution in [3.05, 3.63) is 63.9 Å². The Morgan fingerprint density at radius 3 is 2.50 bits per heavy atom. The molecule has 1 aromatic heterocycles. The molecule has 2 aromatic carbocycles. The molecule has 0 saturated heterocycles. The Morgan fingerprint density at radius 1 is 1.14 bits per heavy atom. The van der Waals surface area contributed by atoms with Gasteiger partial charge in [0.25, 0.3) is 5.56 Å². The van der Waals surface area contributed by atoms with E-state index in [4.69, 9.17) is 0 Å². The molecule has 3 aromatic rings. The summed E-state index contributed by atoms with van der Waals surface area (Å²) in [4.78, 5) is 30.0. The molecule has 0 bridgehead atoms. The van der Waals surface area contributed by atoms with Crippen LogP contribution in [0, 0.1) is 19.8 Å². The highest BCUT2D eigenvalue weighted by molar-refractivity contribution is 7.99. The molecular formula is C22H25N3O2S. The minimum atomic E-state index is -0.117. The first kappa shape index (κ1) is 20.1. The van der Waals surface area contributed by atoms with Crippen molar-refractivity contribution in [1.82, 2.24) is 9.55 Å². The predicted octanol–water partition coefficient (Wildman–Crippen LogP) is 4.40. The third-order valence-corrected chi connectivity index (χ3v) is 5.19. The van der Waals surface area contributed by atoms with Crippen LogP contribution in [0.15, 0.2) is 52.4 Å². The number of hydrogen-bond donors (Lipinski definition) is 1. The van der Waals surface area contributed by atoms with Crippen LogP contribution in [0.3, 0.4) is 0 Å². The van der Waals surface area contributed by atoms with E-state index in [0.717, 1.165) is 16.8 Å². The number of benzene rings is 2. The van der Waals surface area contributed by atoms with Gasteiger partial charge in [-0.05, 0) is 55.2 Å². The van der Waals surface area contributed by atoms with E-state index < -0.39 is 0 Å². The number of aryl methyl sites for hydroxylation is 2. The summed E-state index contributed by atoms with van der Waals surface area (Å²) >= 11 is 1.29. The number of para-hydroxylation sites is 1. The third-order valence-electron chi connectivity index (χ3n) is 4.21. The van der Waals surface area contributed by atoms with Crippen molar-refractivity contribution in [1.29, 1.82) is 0 Å². The number of carbonyl (C=O) groups excluding carboxylic acids is 1. The normalized spacial score (nSPS) is 11.2. The van der Waals surface area contributed by atoms with Gasteiger partial charge >= 0.3 is 0 Å². The molecule has 0 aliphatic carbocycles. The molecule has 0 unspecified atom stereocenters. The number of nitrogens with zero attached hydrogens (tertiary/aromatic N) is 2. The number of rotatable bonds is 6. The Morgan fingerprint density at radius 2 is 1.82 bits per heavy atom. The minimum Gasteiger partial charge on any atom is -0.325 e. The quantitative estimate of drug-likeness (QED) is 0.496. The highest BCUT2D eigenvalue weighted by Gasteiger charge is 2.14. The van der Waals surface area contributed by atoms with Crippen molar-refractivity contribution in [3.63, 3.8) is 0 Å². The Balaban J connectivity index is 1.82. The molecule has 0 aliphatic heterocycles. The monoisotopic (exact) mass is 395 g/mol. The second-order valence-corrected chi connectivity index (χ2v) is 8.38. The molecule has 1 heterocycles. The topological polar surface area (TPSA) is 64.0 Å². The van der Waals surface area contributed by atoms with E-state index in [1.165, 1.54) is 11.8 Å². The van der Waals surface area contributed by atoms with E-state index in [1.54, 1.807) is 10.6 Å². The van der Waals surface area contributed by atoms with E-state index in [9.17, 15) is 9.59 Å². The number of anilines is 1. The summed E-state index contributed by atoms with van der Waals surface area (Å²) < 4.78 is 1.68. The average molecular weight is 396 g/mol. The van der Waals surface area contributed by atoms with Crippen LogP contribution >= 0.6 is 11.8 Å². The molecule has 5 nitrogen and oxygen atoms in total. The molecule has 0 radical (unpaired) electrons. The van der Waals surface area contributed by atoms with E-state index >= 15 is 0 Å². The van der Waals surface area contributed by atoms with Crippen LogP contribution in [-0.2, 0) is 11.3 Å². The number of aromatic nitrogens is 2. The fraction of sp³-hybridized carbons (Fsp3) is 0.318. The molecule has 0 saturated carbocycles. The van der Waals surface area contributed by atoms with Gasteiger partial charge in [-0.3, -0.25) is 14.2 Å². The fourth-order valence-corrected chi connectivity index (χ4v) is 3.97. The van der Waals surface area contributed by atoms with E-state index in [2.05, 4.69) is 30.2 Å². The Hall–Kier alpha value is -2.60. The number of carbonyl (C=O) groups is 1. The number of fused-ring (bicyclic) bond motifs is 1. The van der Waals surface area contributed by atoms with Gasteiger partial charge in [-0.15, -0.1) is 0 Å². The van der Waals surface area contributed by atoms with Gasteiger partial charge in [0.05, 0.1) is 16.7 Å². The van der Waals surface area contributed by atoms with Gasteiger partial charge in [-0.1, -0.05) is 43.8 Å². The van der Waals surface area contributed by atoms with Crippen LogP contribution in [0.1, 0.15) is 25.0 Å². The molecule has 3 rings (SSSR count). The number of nitrogens with one attached hydrogen (secondary N) is 1. The molecule has 1 N–H and O–H groups in total. The molecular weight excluding hydrogens is 370 g/mol. The zero-order valence-corrected chi connectivity index (χ0v) is 17.5. The van der Waals surface area contributed by atoms with Crippen molar-refractivity contribution in [2.45, 2.75) is 39.4 Å². The average Bonchev–Trinajstić information content (AvgIpc) is 2.61. The lowest BCUT2D eigenvalue weighted by molar-refractivity contribution is -0.113. The standard InChI is InChI=1S/C22H25N3O2S/c1-14(2)12-25-21(27)18-7-5-6-8-19(18)24-22(25)28-13-20(26)23-17-10-15(3)9-16(4)11-17/h5-11,14H,12-13H2,1-4H3,(H,23,26). The largest absolute Gasteiger partial charge is 0.325 e. The second kappa shape index (κ2) is 8.61. The lowest BCUT2D eigenvalue weighted by atomic mass is 10.1. The number of amides is 1. The highest BCUT2D eigenvalue weighted by atomic mass is 32.2. The summed E-state index contributed by atoms with van der Waals surface area (Å²) in [6.07, 6.45) is 0. The van der Waals surface area contributed by atoms with Gasteiger partial charge in [0.15, 0.2) is 5.16 Å². The van der Waals surface area contributed by atoms with Gasteiger partial charge in [-0.25, -0.2) is 4.98 Å². The number of thioether (sulfide) groups is 1. The zero-order valence-electron chi connectivity index (χ0n) is 16.7. The Labute approximate surface area is 169 Å². The summed E-state index contributed by atoms with van der Waals surface area (Å²) in [6, 6.07) is 13.3. The second-order valence-electron chi connectivity index (χ2n) is 7.43. The van der Waals surface area contributed by atoms with Crippen LogP contribution < -0.4 is 10.9 Å². The highest BCUT2D eigenvalue weighted by Crippen LogP contribution is 2.20. The van der Waals surface area contributed by atoms with Crippen molar-refractivity contribution in [3.8, 4) is 0 Å². The van der Waals surface area contributed by atoms with E-state index in [0.29, 0.717) is 28.5 Å². The van der Waals surface area contributed by atoms with Crippen molar-refractivity contribution in [2.24, 2.45) is 5.92 Å². The molecule has 0 atom stereocenters. The first-order chi connectivity index (χ1) is 13.3. The van der Waals surface area contributed by atoms with Crippen LogP contribution in [0.2, 0.25) is 0 Å².